The second-order valence-electron chi connectivity index (χ2n) is 12.0. The Labute approximate surface area is 285 Å². The Kier molecular flexibility index (Phi) is 11.9. The molecule has 2 aromatic carbocycles. The molecule has 246 valence electrons. The second kappa shape index (κ2) is 15.4. The number of rotatable bonds is 11. The van der Waals surface area contributed by atoms with Crippen LogP contribution in [-0.4, -0.2) is 48.3 Å². The number of nitrogens with one attached hydrogen (secondary N) is 3. The average molecular weight is 687 g/mol. The number of carbonyl (C=O) groups is 2. The minimum atomic E-state index is -0.490. The summed E-state index contributed by atoms with van der Waals surface area (Å²) in [6, 6.07) is 12.4. The first-order valence-corrected chi connectivity index (χ1v) is 16.7. The number of benzene rings is 2. The van der Waals surface area contributed by atoms with Gasteiger partial charge in [-0.3, -0.25) is 10.1 Å². The van der Waals surface area contributed by atoms with Gasteiger partial charge in [-0.2, -0.15) is 5.10 Å². The fraction of sp³-hybridized carbons (Fsp3) is 0.382. The van der Waals surface area contributed by atoms with E-state index in [4.69, 9.17) is 37.8 Å². The number of methoxy groups -OCH3 is 2. The van der Waals surface area contributed by atoms with Gasteiger partial charge in [-0.15, -0.1) is 11.8 Å². The van der Waals surface area contributed by atoms with E-state index >= 15 is 0 Å². The zero-order valence-electron chi connectivity index (χ0n) is 27.2. The largest absolute Gasteiger partial charge is 0.497 e. The Bertz CT molecular complexity index is 1630. The van der Waals surface area contributed by atoms with Crippen molar-refractivity contribution in [2.45, 2.75) is 51.3 Å². The Balaban J connectivity index is 1.45. The molecule has 1 aromatic heterocycles. The summed E-state index contributed by atoms with van der Waals surface area (Å²) in [6.45, 7) is 10.4. The maximum atomic E-state index is 13.2. The lowest BCUT2D eigenvalue weighted by molar-refractivity contribution is -0.124. The summed E-state index contributed by atoms with van der Waals surface area (Å²) in [5, 5.41) is 14.1. The highest BCUT2D eigenvalue weighted by Gasteiger charge is 2.27. The van der Waals surface area contributed by atoms with Crippen molar-refractivity contribution in [3.8, 4) is 11.4 Å². The van der Waals surface area contributed by atoms with Gasteiger partial charge in [0.2, 0.25) is 5.91 Å². The Morgan fingerprint density at radius 3 is 2.37 bits per heavy atom. The molecule has 3 aromatic rings. The number of ether oxygens (including phenoxy) is 2. The van der Waals surface area contributed by atoms with Crippen LogP contribution in [0.4, 0.5) is 16.3 Å². The summed E-state index contributed by atoms with van der Waals surface area (Å²) in [5.74, 6) is 2.01. The van der Waals surface area contributed by atoms with E-state index < -0.39 is 6.03 Å². The van der Waals surface area contributed by atoms with Crippen LogP contribution in [0.2, 0.25) is 10.0 Å². The highest BCUT2D eigenvalue weighted by molar-refractivity contribution is 7.99. The van der Waals surface area contributed by atoms with Gasteiger partial charge < -0.3 is 20.1 Å². The van der Waals surface area contributed by atoms with Gasteiger partial charge in [0.05, 0.1) is 34.2 Å². The summed E-state index contributed by atoms with van der Waals surface area (Å²) in [4.78, 5) is 26.3. The first-order valence-electron chi connectivity index (χ1n) is 15.0. The van der Waals surface area contributed by atoms with Crippen LogP contribution in [-0.2, 0) is 14.9 Å². The van der Waals surface area contributed by atoms with Gasteiger partial charge in [0, 0.05) is 40.9 Å². The summed E-state index contributed by atoms with van der Waals surface area (Å²) in [5.41, 5.74) is 3.75. The predicted octanol–water partition coefficient (Wildman–Crippen LogP) is 8.47. The van der Waals surface area contributed by atoms with Crippen molar-refractivity contribution in [2.75, 3.05) is 37.2 Å². The van der Waals surface area contributed by atoms with Crippen molar-refractivity contribution in [1.82, 2.24) is 15.1 Å². The smallest absolute Gasteiger partial charge is 0.324 e. The first-order chi connectivity index (χ1) is 21.9. The summed E-state index contributed by atoms with van der Waals surface area (Å²) in [6.07, 6.45) is 5.08. The quantitative estimate of drug-likeness (QED) is 0.175. The predicted molar refractivity (Wildman–Crippen MR) is 188 cm³/mol. The molecule has 3 N–H and O–H groups in total. The van der Waals surface area contributed by atoms with E-state index in [1.807, 2.05) is 36.4 Å². The van der Waals surface area contributed by atoms with E-state index in [-0.39, 0.29) is 34.8 Å². The third-order valence-corrected chi connectivity index (χ3v) is 9.88. The van der Waals surface area contributed by atoms with Gasteiger partial charge in [0.1, 0.15) is 18.2 Å². The molecule has 46 heavy (non-hydrogen) atoms. The molecule has 0 spiro atoms. The lowest BCUT2D eigenvalue weighted by atomic mass is 9.84. The van der Waals surface area contributed by atoms with Crippen LogP contribution in [0, 0.1) is 11.8 Å². The number of anilines is 2. The molecule has 9 nitrogen and oxygen atoms in total. The number of thioether (sulfide) groups is 1. The SMILES string of the molecule is CCC1=C(NC(=O)COC)C(C)C(CSc2ccc(NC(=O)Nc3cc(C(C)(C)C)nn3-c3ccc(OC)cc3)c(Cl)c2Cl)C=C1. The molecular formula is C34H41Cl2N5O4S. The summed E-state index contributed by atoms with van der Waals surface area (Å²) < 4.78 is 12.0. The summed E-state index contributed by atoms with van der Waals surface area (Å²) in [7, 11) is 3.11. The number of aromatic nitrogens is 2. The molecule has 1 aliphatic carbocycles. The van der Waals surface area contributed by atoms with Crippen LogP contribution in [0.5, 0.6) is 5.75 Å². The molecule has 1 heterocycles. The lowest BCUT2D eigenvalue weighted by Gasteiger charge is -2.29. The van der Waals surface area contributed by atoms with Crippen LogP contribution in [0.25, 0.3) is 5.69 Å². The minimum absolute atomic E-state index is 0.00706. The molecule has 0 fully saturated rings. The highest BCUT2D eigenvalue weighted by Crippen LogP contribution is 2.41. The monoisotopic (exact) mass is 685 g/mol. The van der Waals surface area contributed by atoms with E-state index in [9.17, 15) is 9.59 Å². The Morgan fingerprint density at radius 1 is 1.02 bits per heavy atom. The highest BCUT2D eigenvalue weighted by atomic mass is 35.5. The number of amides is 3. The fourth-order valence-corrected chi connectivity index (χ4v) is 6.74. The van der Waals surface area contributed by atoms with Crippen molar-refractivity contribution >= 4 is 58.4 Å². The van der Waals surface area contributed by atoms with Crippen molar-refractivity contribution in [3.05, 3.63) is 81.6 Å². The molecule has 4 rings (SSSR count). The maximum Gasteiger partial charge on any atom is 0.324 e. The first kappa shape index (κ1) is 35.4. The molecule has 0 bridgehead atoms. The maximum absolute atomic E-state index is 13.2. The van der Waals surface area contributed by atoms with E-state index in [0.717, 1.165) is 39.7 Å². The van der Waals surface area contributed by atoms with Gasteiger partial charge in [-0.25, -0.2) is 9.48 Å². The number of hydrogen-bond acceptors (Lipinski definition) is 6. The average Bonchev–Trinajstić information content (AvgIpc) is 3.45. The molecular weight excluding hydrogens is 645 g/mol. The van der Waals surface area contributed by atoms with Gasteiger partial charge in [-0.05, 0) is 54.3 Å². The van der Waals surface area contributed by atoms with Gasteiger partial charge >= 0.3 is 6.03 Å². The third kappa shape index (κ3) is 8.47. The standard InChI is InChI=1S/C34H41Cl2N5O4S/c1-8-21-9-10-22(20(2)32(21)39-29(42)18-44-6)19-46-26-16-15-25(30(35)31(26)36)37-33(43)38-28-17-27(34(3,4)5)40-41(28)23-11-13-24(45-7)14-12-23/h9-17,20,22H,8,18-19H2,1-7H3,(H,39,42)(H2,37,38,43). The Hall–Kier alpha value is -3.44. The minimum Gasteiger partial charge on any atom is -0.497 e. The molecule has 12 heteroatoms. The number of halogens is 2. The molecule has 3 amide bonds. The van der Waals surface area contributed by atoms with E-state index in [1.54, 1.807) is 29.6 Å². The zero-order valence-corrected chi connectivity index (χ0v) is 29.5. The van der Waals surface area contributed by atoms with Crippen LogP contribution in [0.1, 0.15) is 46.7 Å². The lowest BCUT2D eigenvalue weighted by Crippen LogP contribution is -2.34. The molecule has 2 atom stereocenters. The van der Waals surface area contributed by atoms with E-state index in [1.165, 1.54) is 7.11 Å². The zero-order chi connectivity index (χ0) is 33.6. The number of urea groups is 1. The number of carbonyl (C=O) groups excluding carboxylic acids is 2. The summed E-state index contributed by atoms with van der Waals surface area (Å²) >= 11 is 14.9. The molecule has 2 unspecified atom stereocenters. The topological polar surface area (TPSA) is 107 Å². The fourth-order valence-electron chi connectivity index (χ4n) is 4.97. The van der Waals surface area contributed by atoms with Crippen LogP contribution in [0.15, 0.2) is 70.8 Å². The van der Waals surface area contributed by atoms with Crippen molar-refractivity contribution in [2.24, 2.45) is 11.8 Å². The van der Waals surface area contributed by atoms with Crippen LogP contribution in [0.3, 0.4) is 0 Å². The molecule has 0 saturated carbocycles. The van der Waals surface area contributed by atoms with Crippen LogP contribution < -0.4 is 20.7 Å². The molecule has 1 aliphatic rings. The number of allylic oxidation sites excluding steroid dienone is 4. The van der Waals surface area contributed by atoms with Gasteiger partial charge in [-0.1, -0.05) is 70.0 Å². The van der Waals surface area contributed by atoms with Gasteiger partial charge in [0.15, 0.2) is 0 Å². The van der Waals surface area contributed by atoms with Crippen LogP contribution >= 0.6 is 35.0 Å². The van der Waals surface area contributed by atoms with E-state index in [2.05, 4.69) is 62.7 Å². The molecule has 0 saturated heterocycles. The molecule has 0 radical (unpaired) electrons. The van der Waals surface area contributed by atoms with E-state index in [0.29, 0.717) is 22.3 Å². The van der Waals surface area contributed by atoms with Crippen molar-refractivity contribution in [1.29, 1.82) is 0 Å². The van der Waals surface area contributed by atoms with Crippen molar-refractivity contribution in [3.63, 3.8) is 0 Å². The molecule has 0 aliphatic heterocycles. The Morgan fingerprint density at radius 2 is 1.74 bits per heavy atom. The number of hydrogen-bond donors (Lipinski definition) is 3. The second-order valence-corrected chi connectivity index (χ2v) is 13.8. The third-order valence-electron chi connectivity index (χ3n) is 7.68. The number of nitrogens with zero attached hydrogens (tertiary/aromatic N) is 2. The van der Waals surface area contributed by atoms with Gasteiger partial charge in [0.25, 0.3) is 0 Å². The van der Waals surface area contributed by atoms with Crippen molar-refractivity contribution < 1.29 is 19.1 Å². The normalized spacial score (nSPS) is 16.4.